The van der Waals surface area contributed by atoms with Crippen molar-refractivity contribution in [3.8, 4) is 22.3 Å². The highest BCUT2D eigenvalue weighted by molar-refractivity contribution is 6.14. The molecule has 0 unspecified atom stereocenters. The molecule has 0 radical (unpaired) electrons. The second kappa shape index (κ2) is 10.3. The van der Waals surface area contributed by atoms with Crippen molar-refractivity contribution in [3.05, 3.63) is 120 Å². The van der Waals surface area contributed by atoms with E-state index in [1.807, 2.05) is 6.20 Å². The highest BCUT2D eigenvalue weighted by Crippen LogP contribution is 2.37. The zero-order valence-corrected chi connectivity index (χ0v) is 23.2. The van der Waals surface area contributed by atoms with Gasteiger partial charge < -0.3 is 14.8 Å². The van der Waals surface area contributed by atoms with E-state index in [1.165, 1.54) is 55.4 Å². The fourth-order valence-electron chi connectivity index (χ4n) is 6.12. The van der Waals surface area contributed by atoms with Gasteiger partial charge >= 0.3 is 0 Å². The Labute approximate surface area is 235 Å². The van der Waals surface area contributed by atoms with Gasteiger partial charge in [-0.2, -0.15) is 0 Å². The number of nitrogens with one attached hydrogen (secondary N) is 1. The molecule has 198 valence electrons. The van der Waals surface area contributed by atoms with Crippen LogP contribution in [0.1, 0.15) is 16.7 Å². The molecule has 6 aromatic rings. The maximum absolute atomic E-state index is 4.71. The number of benzene rings is 4. The smallest absolute Gasteiger partial charge is 0.138 e. The second-order valence-electron chi connectivity index (χ2n) is 11.1. The highest BCUT2D eigenvalue weighted by atomic mass is 15.2. The molecule has 1 N–H and O–H groups in total. The van der Waals surface area contributed by atoms with Crippen molar-refractivity contribution >= 4 is 27.6 Å². The lowest BCUT2D eigenvalue weighted by Gasteiger charge is -2.34. The largest absolute Gasteiger partial charge is 0.369 e. The van der Waals surface area contributed by atoms with Gasteiger partial charge in [0.15, 0.2) is 0 Å². The number of aromatic nitrogens is 2. The first-order valence-corrected chi connectivity index (χ1v) is 14.2. The van der Waals surface area contributed by atoms with E-state index in [1.54, 1.807) is 0 Å². The second-order valence-corrected chi connectivity index (χ2v) is 11.1. The number of aryl methyl sites for hydroxylation is 1. The average molecular weight is 523 g/mol. The zero-order valence-electron chi connectivity index (χ0n) is 23.2. The number of hydrogen-bond acceptors (Lipinski definition) is 3. The third-order valence-corrected chi connectivity index (χ3v) is 8.39. The summed E-state index contributed by atoms with van der Waals surface area (Å²) in [5.41, 5.74) is 12.3. The molecule has 0 aliphatic carbocycles. The topological polar surface area (TPSA) is 35.2 Å². The van der Waals surface area contributed by atoms with Gasteiger partial charge in [-0.1, -0.05) is 66.7 Å². The van der Waals surface area contributed by atoms with Crippen molar-refractivity contribution in [2.24, 2.45) is 0 Å². The predicted octanol–water partition coefficient (Wildman–Crippen LogP) is 7.70. The first-order valence-electron chi connectivity index (χ1n) is 14.2. The number of hydrogen-bond donors (Lipinski definition) is 1. The quantitative estimate of drug-likeness (QED) is 0.252. The Bertz CT molecular complexity index is 1790. The number of fused-ring (bicyclic) bond motifs is 3. The Kier molecular flexibility index (Phi) is 6.33. The molecule has 0 saturated carbocycles. The molecule has 0 spiro atoms. The Hall–Kier alpha value is -4.41. The van der Waals surface area contributed by atoms with Crippen LogP contribution < -0.4 is 4.90 Å². The summed E-state index contributed by atoms with van der Waals surface area (Å²) >= 11 is 0. The third-order valence-electron chi connectivity index (χ3n) is 8.39. The number of rotatable bonds is 5. The molecule has 2 aromatic heterocycles. The van der Waals surface area contributed by atoms with Gasteiger partial charge in [0, 0.05) is 54.4 Å². The molecule has 0 bridgehead atoms. The number of aromatic amines is 1. The molecular formula is C36H34N4. The van der Waals surface area contributed by atoms with Gasteiger partial charge in [0.25, 0.3) is 0 Å². The van der Waals surface area contributed by atoms with E-state index in [2.05, 4.69) is 126 Å². The highest BCUT2D eigenvalue weighted by Gasteiger charge is 2.16. The molecule has 1 saturated heterocycles. The number of nitrogens with zero attached hydrogens (tertiary/aromatic N) is 3. The Morgan fingerprint density at radius 1 is 0.725 bits per heavy atom. The first-order chi connectivity index (χ1) is 19.6. The van der Waals surface area contributed by atoms with Crippen molar-refractivity contribution in [1.29, 1.82) is 0 Å². The van der Waals surface area contributed by atoms with Crippen LogP contribution in [-0.2, 0) is 6.42 Å². The minimum Gasteiger partial charge on any atom is -0.369 e. The van der Waals surface area contributed by atoms with Crippen molar-refractivity contribution in [1.82, 2.24) is 14.9 Å². The van der Waals surface area contributed by atoms with Crippen LogP contribution in [-0.4, -0.2) is 48.1 Å². The van der Waals surface area contributed by atoms with Crippen molar-refractivity contribution in [2.45, 2.75) is 13.3 Å². The van der Waals surface area contributed by atoms with Gasteiger partial charge in [-0.15, -0.1) is 0 Å². The van der Waals surface area contributed by atoms with E-state index >= 15 is 0 Å². The molecule has 4 nitrogen and oxygen atoms in total. The number of H-pyrrole nitrogens is 1. The van der Waals surface area contributed by atoms with Crippen LogP contribution in [0.4, 0.5) is 5.69 Å². The molecule has 1 aliphatic rings. The van der Waals surface area contributed by atoms with Crippen LogP contribution in [0.2, 0.25) is 0 Å². The number of piperazine rings is 1. The van der Waals surface area contributed by atoms with Gasteiger partial charge in [0.05, 0.1) is 0 Å². The predicted molar refractivity (Wildman–Crippen MR) is 168 cm³/mol. The van der Waals surface area contributed by atoms with Gasteiger partial charge in [-0.25, -0.2) is 4.98 Å². The van der Waals surface area contributed by atoms with E-state index in [-0.39, 0.29) is 0 Å². The first kappa shape index (κ1) is 24.6. The van der Waals surface area contributed by atoms with Crippen molar-refractivity contribution in [2.75, 3.05) is 38.1 Å². The van der Waals surface area contributed by atoms with E-state index in [0.717, 1.165) is 43.8 Å². The summed E-state index contributed by atoms with van der Waals surface area (Å²) in [7, 11) is 2.20. The number of anilines is 1. The summed E-state index contributed by atoms with van der Waals surface area (Å²) in [5, 5.41) is 2.40. The summed E-state index contributed by atoms with van der Waals surface area (Å²) in [4.78, 5) is 13.2. The molecule has 4 heteroatoms. The monoisotopic (exact) mass is 522 g/mol. The number of likely N-dealkylation sites (N-methyl/N-ethyl adjacent to an activating group) is 1. The van der Waals surface area contributed by atoms with Crippen LogP contribution in [0.25, 0.3) is 44.2 Å². The normalized spacial score (nSPS) is 14.3. The summed E-state index contributed by atoms with van der Waals surface area (Å²) in [6, 6.07) is 35.5. The van der Waals surface area contributed by atoms with Gasteiger partial charge in [0.1, 0.15) is 5.65 Å². The fourth-order valence-corrected chi connectivity index (χ4v) is 6.12. The van der Waals surface area contributed by atoms with Crippen LogP contribution in [0, 0.1) is 6.92 Å². The van der Waals surface area contributed by atoms with E-state index < -0.39 is 0 Å². The standard InChI is InChI=1S/C36H34N4/c1-25-22-27(23-26-6-4-3-5-7-26)8-14-31(25)32-16-17-37-36-35(32)33-24-29(11-15-34(33)38-36)28-9-12-30(13-10-28)40-20-18-39(2)19-21-40/h3-17,22,24H,18-21,23H2,1-2H3,(H,37,38). The Morgan fingerprint density at radius 2 is 1.50 bits per heavy atom. The van der Waals surface area contributed by atoms with Crippen LogP contribution in [0.3, 0.4) is 0 Å². The summed E-state index contributed by atoms with van der Waals surface area (Å²) in [5.74, 6) is 0. The van der Waals surface area contributed by atoms with Gasteiger partial charge in [-0.3, -0.25) is 0 Å². The maximum Gasteiger partial charge on any atom is 0.138 e. The van der Waals surface area contributed by atoms with Crippen LogP contribution in [0.5, 0.6) is 0 Å². The molecular weight excluding hydrogens is 488 g/mol. The lowest BCUT2D eigenvalue weighted by molar-refractivity contribution is 0.313. The van der Waals surface area contributed by atoms with Crippen molar-refractivity contribution in [3.63, 3.8) is 0 Å². The maximum atomic E-state index is 4.71. The van der Waals surface area contributed by atoms with Crippen LogP contribution >= 0.6 is 0 Å². The fraction of sp³-hybridized carbons (Fsp3) is 0.194. The van der Waals surface area contributed by atoms with E-state index in [9.17, 15) is 0 Å². The van der Waals surface area contributed by atoms with E-state index in [0.29, 0.717) is 0 Å². The molecule has 3 heterocycles. The zero-order chi connectivity index (χ0) is 27.1. The molecule has 0 amide bonds. The summed E-state index contributed by atoms with van der Waals surface area (Å²) in [6.45, 7) is 6.62. The minimum atomic E-state index is 0.933. The van der Waals surface area contributed by atoms with Gasteiger partial charge in [0.2, 0.25) is 0 Å². The molecule has 7 rings (SSSR count). The minimum absolute atomic E-state index is 0.933. The molecule has 1 fully saturated rings. The van der Waals surface area contributed by atoms with Crippen molar-refractivity contribution < 1.29 is 0 Å². The number of pyridine rings is 1. The summed E-state index contributed by atoms with van der Waals surface area (Å²) < 4.78 is 0. The average Bonchev–Trinajstić information content (AvgIpc) is 3.37. The third kappa shape index (κ3) is 4.65. The lowest BCUT2D eigenvalue weighted by atomic mass is 9.93. The SMILES string of the molecule is Cc1cc(Cc2ccccc2)ccc1-c1ccnc2[nH]c3ccc(-c4ccc(N5CCN(C)CC5)cc4)cc3c12. The molecule has 1 aliphatic heterocycles. The van der Waals surface area contributed by atoms with E-state index in [4.69, 9.17) is 4.98 Å². The Morgan fingerprint density at radius 3 is 2.27 bits per heavy atom. The lowest BCUT2D eigenvalue weighted by Crippen LogP contribution is -2.44. The van der Waals surface area contributed by atoms with Crippen LogP contribution in [0.15, 0.2) is 103 Å². The molecule has 0 atom stereocenters. The Balaban J connectivity index is 1.24. The molecule has 40 heavy (non-hydrogen) atoms. The molecule has 4 aromatic carbocycles. The summed E-state index contributed by atoms with van der Waals surface area (Å²) in [6.07, 6.45) is 2.86. The van der Waals surface area contributed by atoms with Gasteiger partial charge in [-0.05, 0) is 89.7 Å².